The Morgan fingerprint density at radius 2 is 1.86 bits per heavy atom. The van der Waals surface area contributed by atoms with Crippen molar-refractivity contribution in [1.29, 1.82) is 0 Å². The Kier molecular flexibility index (Phi) is 6.25. The van der Waals surface area contributed by atoms with Crippen LogP contribution >= 0.6 is 0 Å². The van der Waals surface area contributed by atoms with Crippen molar-refractivity contribution in [3.63, 3.8) is 0 Å². The largest absolute Gasteiger partial charge is 0.378 e. The molecule has 0 bridgehead atoms. The highest BCUT2D eigenvalue weighted by Gasteiger charge is 2.27. The first-order valence-electron chi connectivity index (χ1n) is 10.9. The van der Waals surface area contributed by atoms with Gasteiger partial charge in [-0.2, -0.15) is 0 Å². The highest BCUT2D eigenvalue weighted by molar-refractivity contribution is 5.94. The average molecular weight is 386 g/mol. The van der Waals surface area contributed by atoms with Crippen LogP contribution in [0.5, 0.6) is 0 Å². The lowest BCUT2D eigenvalue weighted by Crippen LogP contribution is -2.39. The van der Waals surface area contributed by atoms with Crippen molar-refractivity contribution in [1.82, 2.24) is 15.2 Å². The lowest BCUT2D eigenvalue weighted by Gasteiger charge is -2.32. The number of amides is 2. The minimum atomic E-state index is -0.0134. The van der Waals surface area contributed by atoms with Gasteiger partial charge in [0.2, 0.25) is 5.91 Å². The number of nitrogens with one attached hydrogen (secondary N) is 1. The smallest absolute Gasteiger partial charge is 0.253 e. The number of nitrogens with zero attached hydrogens (tertiary/aromatic N) is 2. The number of hydrogen-bond acceptors (Lipinski definition) is 4. The fourth-order valence-electron chi connectivity index (χ4n) is 4.67. The Labute approximate surface area is 167 Å². The molecule has 4 rings (SSSR count). The standard InChI is InChI=1S/C22H31N3O3/c26-21(14-19-6-3-13-28-19)25-11-9-16(10-12-25)20-8-7-17(15-23-20)22(27)24-18-4-1-2-5-18/h7-8,15-16,18-19H,1-6,9-14H2,(H,24,27). The molecule has 2 aliphatic heterocycles. The van der Waals surface area contributed by atoms with Gasteiger partial charge in [0.1, 0.15) is 0 Å². The summed E-state index contributed by atoms with van der Waals surface area (Å²) in [4.78, 5) is 31.3. The molecule has 2 amide bonds. The summed E-state index contributed by atoms with van der Waals surface area (Å²) in [5.74, 6) is 0.566. The highest BCUT2D eigenvalue weighted by Crippen LogP contribution is 2.28. The summed E-state index contributed by atoms with van der Waals surface area (Å²) in [5.41, 5.74) is 1.67. The van der Waals surface area contributed by atoms with Crippen LogP contribution in [0.2, 0.25) is 0 Å². The zero-order valence-corrected chi connectivity index (χ0v) is 16.6. The molecular weight excluding hydrogens is 354 g/mol. The number of ether oxygens (including phenoxy) is 1. The summed E-state index contributed by atoms with van der Waals surface area (Å²) in [6.07, 6.45) is 10.9. The lowest BCUT2D eigenvalue weighted by atomic mass is 9.92. The molecule has 3 heterocycles. The van der Waals surface area contributed by atoms with E-state index < -0.39 is 0 Å². The summed E-state index contributed by atoms with van der Waals surface area (Å²) in [7, 11) is 0. The fraction of sp³-hybridized carbons (Fsp3) is 0.682. The molecule has 1 atom stereocenters. The SMILES string of the molecule is O=C(NC1CCCC1)c1ccc(C2CCN(C(=O)CC3CCCO3)CC2)nc1. The van der Waals surface area contributed by atoms with Gasteiger partial charge in [-0.25, -0.2) is 0 Å². The summed E-state index contributed by atoms with van der Waals surface area (Å²) in [5, 5.41) is 3.11. The van der Waals surface area contributed by atoms with Crippen molar-refractivity contribution in [2.45, 2.75) is 75.9 Å². The van der Waals surface area contributed by atoms with Crippen LogP contribution in [0.15, 0.2) is 18.3 Å². The number of carbonyl (C=O) groups is 2. The number of likely N-dealkylation sites (tertiary alicyclic amines) is 1. The van der Waals surface area contributed by atoms with Crippen LogP contribution < -0.4 is 5.32 Å². The Morgan fingerprint density at radius 1 is 1.07 bits per heavy atom. The maximum atomic E-state index is 12.4. The first-order valence-corrected chi connectivity index (χ1v) is 10.9. The van der Waals surface area contributed by atoms with Gasteiger partial charge in [-0.1, -0.05) is 12.8 Å². The maximum Gasteiger partial charge on any atom is 0.253 e. The quantitative estimate of drug-likeness (QED) is 0.846. The summed E-state index contributed by atoms with van der Waals surface area (Å²) in [6, 6.07) is 4.20. The summed E-state index contributed by atoms with van der Waals surface area (Å²) in [6.45, 7) is 2.35. The summed E-state index contributed by atoms with van der Waals surface area (Å²) < 4.78 is 5.59. The molecule has 0 radical (unpaired) electrons. The fourth-order valence-corrected chi connectivity index (χ4v) is 4.67. The number of hydrogen-bond donors (Lipinski definition) is 1. The van der Waals surface area contributed by atoms with Crippen LogP contribution in [-0.4, -0.2) is 53.5 Å². The average Bonchev–Trinajstić information content (AvgIpc) is 3.42. The normalized spacial score (nSPS) is 23.9. The Hall–Kier alpha value is -1.95. The number of pyridine rings is 1. The van der Waals surface area contributed by atoms with E-state index in [0.717, 1.165) is 63.9 Å². The van der Waals surface area contributed by atoms with Gasteiger partial charge in [0.05, 0.1) is 18.1 Å². The molecule has 0 aromatic carbocycles. The zero-order chi connectivity index (χ0) is 19.3. The van der Waals surface area contributed by atoms with E-state index in [4.69, 9.17) is 4.74 Å². The molecular formula is C22H31N3O3. The van der Waals surface area contributed by atoms with Crippen molar-refractivity contribution < 1.29 is 14.3 Å². The molecule has 0 spiro atoms. The van der Waals surface area contributed by atoms with Crippen molar-refractivity contribution in [3.05, 3.63) is 29.6 Å². The second-order valence-electron chi connectivity index (χ2n) is 8.42. The van der Waals surface area contributed by atoms with Gasteiger partial charge >= 0.3 is 0 Å². The van der Waals surface area contributed by atoms with Crippen LogP contribution in [0, 0.1) is 0 Å². The molecule has 1 aliphatic carbocycles. The van der Waals surface area contributed by atoms with Gasteiger partial charge in [-0.05, 0) is 50.7 Å². The van der Waals surface area contributed by atoms with Crippen LogP contribution in [0.25, 0.3) is 0 Å². The van der Waals surface area contributed by atoms with E-state index in [0.29, 0.717) is 23.9 Å². The van der Waals surface area contributed by atoms with E-state index in [1.807, 2.05) is 17.0 Å². The second-order valence-corrected chi connectivity index (χ2v) is 8.42. The molecule has 6 nitrogen and oxygen atoms in total. The number of rotatable bonds is 5. The predicted octanol–water partition coefficient (Wildman–Crippen LogP) is 3.03. The number of carbonyl (C=O) groups excluding carboxylic acids is 2. The summed E-state index contributed by atoms with van der Waals surface area (Å²) >= 11 is 0. The Bertz CT molecular complexity index is 671. The second kappa shape index (κ2) is 9.03. The minimum Gasteiger partial charge on any atom is -0.378 e. The van der Waals surface area contributed by atoms with Crippen LogP contribution in [0.3, 0.4) is 0 Å². The van der Waals surface area contributed by atoms with E-state index in [1.54, 1.807) is 6.20 Å². The van der Waals surface area contributed by atoms with Crippen molar-refractivity contribution >= 4 is 11.8 Å². The van der Waals surface area contributed by atoms with E-state index in [9.17, 15) is 9.59 Å². The van der Waals surface area contributed by atoms with Crippen LogP contribution in [0.4, 0.5) is 0 Å². The van der Waals surface area contributed by atoms with Crippen molar-refractivity contribution in [3.8, 4) is 0 Å². The predicted molar refractivity (Wildman–Crippen MR) is 106 cm³/mol. The van der Waals surface area contributed by atoms with Crippen LogP contribution in [-0.2, 0) is 9.53 Å². The third-order valence-electron chi connectivity index (χ3n) is 6.43. The maximum absolute atomic E-state index is 12.4. The van der Waals surface area contributed by atoms with E-state index in [-0.39, 0.29) is 17.9 Å². The van der Waals surface area contributed by atoms with Gasteiger partial charge in [0, 0.05) is 43.5 Å². The molecule has 1 aromatic heterocycles. The van der Waals surface area contributed by atoms with Crippen molar-refractivity contribution in [2.24, 2.45) is 0 Å². The van der Waals surface area contributed by atoms with E-state index in [1.165, 1.54) is 12.8 Å². The molecule has 1 N–H and O–H groups in total. The molecule has 1 unspecified atom stereocenters. The molecule has 28 heavy (non-hydrogen) atoms. The lowest BCUT2D eigenvalue weighted by molar-refractivity contribution is -0.134. The minimum absolute atomic E-state index is 0.0134. The number of piperidine rings is 1. The van der Waals surface area contributed by atoms with Gasteiger partial charge in [0.25, 0.3) is 5.91 Å². The number of aromatic nitrogens is 1. The molecule has 2 saturated heterocycles. The zero-order valence-electron chi connectivity index (χ0n) is 16.6. The van der Waals surface area contributed by atoms with Crippen molar-refractivity contribution in [2.75, 3.05) is 19.7 Å². The highest BCUT2D eigenvalue weighted by atomic mass is 16.5. The van der Waals surface area contributed by atoms with E-state index >= 15 is 0 Å². The van der Waals surface area contributed by atoms with E-state index in [2.05, 4.69) is 10.3 Å². The molecule has 1 aromatic rings. The first-order chi connectivity index (χ1) is 13.7. The molecule has 3 aliphatic rings. The Morgan fingerprint density at radius 3 is 2.50 bits per heavy atom. The molecule has 1 saturated carbocycles. The third-order valence-corrected chi connectivity index (χ3v) is 6.43. The third kappa shape index (κ3) is 4.72. The van der Waals surface area contributed by atoms with Crippen LogP contribution in [0.1, 0.15) is 79.8 Å². The van der Waals surface area contributed by atoms with Gasteiger partial charge in [0.15, 0.2) is 0 Å². The topological polar surface area (TPSA) is 71.5 Å². The van der Waals surface area contributed by atoms with Gasteiger partial charge in [-0.3, -0.25) is 14.6 Å². The Balaban J connectivity index is 1.26. The molecule has 3 fully saturated rings. The van der Waals surface area contributed by atoms with Gasteiger partial charge in [-0.15, -0.1) is 0 Å². The first kappa shape index (κ1) is 19.4. The van der Waals surface area contributed by atoms with Gasteiger partial charge < -0.3 is 15.0 Å². The molecule has 6 heteroatoms. The monoisotopic (exact) mass is 385 g/mol. The molecule has 152 valence electrons.